The molecule has 0 spiro atoms. The van der Waals surface area contributed by atoms with Gasteiger partial charge in [0.2, 0.25) is 0 Å². The molecule has 17 aromatic rings. The molecule has 0 bridgehead atoms. The number of hydrogen-bond donors (Lipinski definition) is 0. The Labute approximate surface area is 467 Å². The fourth-order valence-electron chi connectivity index (χ4n) is 14.3. The van der Waals surface area contributed by atoms with Crippen molar-refractivity contribution < 1.29 is 4.74 Å². The van der Waals surface area contributed by atoms with Gasteiger partial charge in [-0.2, -0.15) is 0 Å². The van der Waals surface area contributed by atoms with Crippen molar-refractivity contribution in [1.82, 2.24) is 0 Å². The van der Waals surface area contributed by atoms with Gasteiger partial charge >= 0.3 is 0 Å². The fourth-order valence-corrected chi connectivity index (χ4v) is 14.3. The highest BCUT2D eigenvalue weighted by molar-refractivity contribution is 6.29. The number of fused-ring (bicyclic) bond motifs is 4. The third-order valence-corrected chi connectivity index (χ3v) is 18.0. The van der Waals surface area contributed by atoms with Crippen molar-refractivity contribution in [2.24, 2.45) is 0 Å². The predicted molar refractivity (Wildman–Crippen MR) is 344 cm³/mol. The summed E-state index contributed by atoms with van der Waals surface area (Å²) in [4.78, 5) is 0. The van der Waals surface area contributed by atoms with Crippen LogP contribution in [-0.4, -0.2) is 0 Å². The van der Waals surface area contributed by atoms with Crippen LogP contribution in [0.15, 0.2) is 279 Å². The van der Waals surface area contributed by atoms with Crippen LogP contribution in [-0.2, 0) is 0 Å². The van der Waals surface area contributed by atoms with Crippen LogP contribution in [0.4, 0.5) is 0 Å². The lowest BCUT2D eigenvalue weighted by atomic mass is 9.85. The van der Waals surface area contributed by atoms with Gasteiger partial charge in [0, 0.05) is 10.9 Å². The van der Waals surface area contributed by atoms with Gasteiger partial charge in [-0.05, 0) is 182 Å². The minimum Gasteiger partial charge on any atom is -0.456 e. The summed E-state index contributed by atoms with van der Waals surface area (Å²) in [6.45, 7) is 0. The topological polar surface area (TPSA) is 9.23 Å². The van der Waals surface area contributed by atoms with Crippen molar-refractivity contribution in [3.63, 3.8) is 0 Å². The molecule has 0 unspecified atom stereocenters. The molecule has 1 aliphatic rings. The molecule has 0 fully saturated rings. The van der Waals surface area contributed by atoms with E-state index in [1.807, 2.05) is 6.07 Å². The zero-order chi connectivity index (χ0) is 52.9. The van der Waals surface area contributed by atoms with Crippen LogP contribution in [0.3, 0.4) is 0 Å². The zero-order valence-corrected chi connectivity index (χ0v) is 44.0. The first-order valence-corrected chi connectivity index (χ1v) is 28.1. The molecule has 81 heavy (non-hydrogen) atoms. The third-order valence-electron chi connectivity index (χ3n) is 18.0. The third kappa shape index (κ3) is 6.49. The SMILES string of the molecule is c1ccc2c(c1)Oc1ccc(-c3ccc(-c4ccc(-c5ccc(-c6cc7ccc(-c8ccc(-c9ccc%10ccc%11cccc%12ccc9c%10c%11%12)cc8)c8ccc9cccc6c9c78)cc5)c5ccccc45)c4ccccc34)c3cccc-2c13. The Bertz CT molecular complexity index is 5460. The van der Waals surface area contributed by atoms with Gasteiger partial charge in [0.1, 0.15) is 11.5 Å². The summed E-state index contributed by atoms with van der Waals surface area (Å²) in [5.41, 5.74) is 17.1. The zero-order valence-electron chi connectivity index (χ0n) is 44.0. The average Bonchev–Trinajstić information content (AvgIpc) is 3.69. The Morgan fingerprint density at radius 3 is 1.12 bits per heavy atom. The van der Waals surface area contributed by atoms with Crippen molar-refractivity contribution in [2.75, 3.05) is 0 Å². The van der Waals surface area contributed by atoms with Gasteiger partial charge in [-0.25, -0.2) is 0 Å². The van der Waals surface area contributed by atoms with E-state index in [0.717, 1.165) is 22.4 Å². The second kappa shape index (κ2) is 17.0. The Hall–Kier alpha value is -10.6. The highest BCUT2D eigenvalue weighted by Gasteiger charge is 2.24. The molecule has 0 aliphatic carbocycles. The molecule has 0 amide bonds. The van der Waals surface area contributed by atoms with Gasteiger partial charge in [-0.3, -0.25) is 0 Å². The molecule has 17 aromatic carbocycles. The van der Waals surface area contributed by atoms with Crippen LogP contribution in [0.2, 0.25) is 0 Å². The summed E-state index contributed by atoms with van der Waals surface area (Å²) < 4.78 is 6.49. The Balaban J connectivity index is 0.693. The van der Waals surface area contributed by atoms with Gasteiger partial charge in [-0.1, -0.05) is 261 Å². The number of hydrogen-bond acceptors (Lipinski definition) is 1. The lowest BCUT2D eigenvalue weighted by molar-refractivity contribution is 0.487. The molecule has 372 valence electrons. The molecule has 0 aromatic heterocycles. The van der Waals surface area contributed by atoms with E-state index in [1.54, 1.807) is 0 Å². The fraction of sp³-hybridized carbons (Fsp3) is 0. The summed E-state index contributed by atoms with van der Waals surface area (Å²) in [5, 5.41) is 22.9. The van der Waals surface area contributed by atoms with Crippen molar-refractivity contribution in [1.29, 1.82) is 0 Å². The molecular weight excluding hydrogens is 977 g/mol. The average molecular weight is 1020 g/mol. The number of para-hydroxylation sites is 1. The number of ether oxygens (including phenoxy) is 1. The van der Waals surface area contributed by atoms with Crippen molar-refractivity contribution in [2.45, 2.75) is 0 Å². The molecular formula is C80H46O. The van der Waals surface area contributed by atoms with E-state index in [-0.39, 0.29) is 0 Å². The Kier molecular flexibility index (Phi) is 9.29. The summed E-state index contributed by atoms with van der Waals surface area (Å²) in [7, 11) is 0. The molecule has 1 nitrogen and oxygen atoms in total. The van der Waals surface area contributed by atoms with Crippen LogP contribution in [0.5, 0.6) is 11.5 Å². The summed E-state index contributed by atoms with van der Waals surface area (Å²) in [5.74, 6) is 1.81. The van der Waals surface area contributed by atoms with Crippen LogP contribution in [0.1, 0.15) is 0 Å². The first-order valence-electron chi connectivity index (χ1n) is 28.1. The predicted octanol–water partition coefficient (Wildman–Crippen LogP) is 22.7. The number of benzene rings is 17. The largest absolute Gasteiger partial charge is 0.456 e. The minimum absolute atomic E-state index is 0.903. The molecule has 0 saturated carbocycles. The van der Waals surface area contributed by atoms with E-state index >= 15 is 0 Å². The number of rotatable bonds is 6. The van der Waals surface area contributed by atoms with Crippen LogP contribution in [0.25, 0.3) is 175 Å². The van der Waals surface area contributed by atoms with Gasteiger partial charge < -0.3 is 4.74 Å². The van der Waals surface area contributed by atoms with E-state index in [0.29, 0.717) is 0 Å². The quantitative estimate of drug-likeness (QED) is 0.151. The summed E-state index contributed by atoms with van der Waals surface area (Å²) >= 11 is 0. The highest BCUT2D eigenvalue weighted by atomic mass is 16.5. The van der Waals surface area contributed by atoms with Crippen molar-refractivity contribution in [3.8, 4) is 89.4 Å². The van der Waals surface area contributed by atoms with E-state index in [1.165, 1.54) is 164 Å². The first-order chi connectivity index (χ1) is 40.2. The Morgan fingerprint density at radius 2 is 0.506 bits per heavy atom. The van der Waals surface area contributed by atoms with E-state index in [9.17, 15) is 0 Å². The van der Waals surface area contributed by atoms with E-state index < -0.39 is 0 Å². The first kappa shape index (κ1) is 44.4. The standard InChI is InChI=1S/C80H46O/c1-2-14-60-59(13-1)56(40-41-63(60)64-42-43-65(62-16-4-3-15-61(62)64)66-44-45-75-80-68(66)19-9-20-69(80)67-17-5-6-21-74(67)81-75)47-26-28-50(29-27-47)73-46-55-35-37-58(72-39-34-53-12-8-18-70(73)78(53)79(55)72)49-24-22-48(23-25-49)57-36-32-54-31-30-51-10-7-11-52-33-38-71(57)77(54)76(51)52/h1-46H. The summed E-state index contributed by atoms with van der Waals surface area (Å²) in [6, 6.07) is 104. The monoisotopic (exact) mass is 1020 g/mol. The molecule has 0 saturated heterocycles. The van der Waals surface area contributed by atoms with Gasteiger partial charge in [0.05, 0.1) is 0 Å². The highest BCUT2D eigenvalue weighted by Crippen LogP contribution is 2.51. The molecule has 0 N–H and O–H groups in total. The molecule has 18 rings (SSSR count). The van der Waals surface area contributed by atoms with Crippen molar-refractivity contribution >= 4 is 97.0 Å². The van der Waals surface area contributed by atoms with E-state index in [2.05, 4.69) is 273 Å². The molecule has 1 heteroatoms. The lowest BCUT2D eigenvalue weighted by Gasteiger charge is -2.23. The molecule has 1 aliphatic heterocycles. The maximum absolute atomic E-state index is 6.49. The second-order valence-corrected chi connectivity index (χ2v) is 22.1. The lowest BCUT2D eigenvalue weighted by Crippen LogP contribution is -1.97. The van der Waals surface area contributed by atoms with Crippen LogP contribution >= 0.6 is 0 Å². The maximum atomic E-state index is 6.49. The second-order valence-electron chi connectivity index (χ2n) is 22.1. The summed E-state index contributed by atoms with van der Waals surface area (Å²) in [6.07, 6.45) is 0. The smallest absolute Gasteiger partial charge is 0.135 e. The van der Waals surface area contributed by atoms with Gasteiger partial charge in [0.25, 0.3) is 0 Å². The van der Waals surface area contributed by atoms with Crippen molar-refractivity contribution in [3.05, 3.63) is 279 Å². The van der Waals surface area contributed by atoms with Crippen LogP contribution in [0, 0.1) is 0 Å². The normalized spacial score (nSPS) is 12.3. The molecule has 0 atom stereocenters. The maximum Gasteiger partial charge on any atom is 0.135 e. The van der Waals surface area contributed by atoms with Crippen LogP contribution < -0.4 is 4.74 Å². The van der Waals surface area contributed by atoms with Gasteiger partial charge in [-0.15, -0.1) is 0 Å². The molecule has 1 heterocycles. The van der Waals surface area contributed by atoms with E-state index in [4.69, 9.17) is 4.74 Å². The van der Waals surface area contributed by atoms with Gasteiger partial charge in [0.15, 0.2) is 0 Å². The Morgan fingerprint density at radius 1 is 0.160 bits per heavy atom. The molecule has 0 radical (unpaired) electrons. The minimum atomic E-state index is 0.903.